The molecule has 3 aliphatic rings. The molecule has 34 heavy (non-hydrogen) atoms. The summed E-state index contributed by atoms with van der Waals surface area (Å²) in [7, 11) is -7.69. The number of hydrogen-bond donors (Lipinski definition) is 0. The van der Waals surface area contributed by atoms with Gasteiger partial charge in [0.25, 0.3) is 0 Å². The molecule has 184 valence electrons. The fraction of sp³-hybridized carbons (Fsp3) is 0.478. The van der Waals surface area contributed by atoms with E-state index < -0.39 is 42.2 Å². The second kappa shape index (κ2) is 8.43. The van der Waals surface area contributed by atoms with Crippen LogP contribution in [0.4, 0.5) is 8.78 Å². The number of benzene rings is 2. The van der Waals surface area contributed by atoms with Crippen molar-refractivity contribution in [2.24, 2.45) is 11.8 Å². The number of rotatable bonds is 5. The third-order valence-corrected chi connectivity index (χ3v) is 12.3. The number of nitrogens with zero attached hydrogens (tertiary/aromatic N) is 1. The summed E-state index contributed by atoms with van der Waals surface area (Å²) in [6.07, 6.45) is 1.23. The summed E-state index contributed by atoms with van der Waals surface area (Å²) in [5.74, 6) is -3.24. The van der Waals surface area contributed by atoms with Crippen LogP contribution in [0.5, 0.6) is 5.75 Å². The molecule has 0 aromatic heterocycles. The Morgan fingerprint density at radius 2 is 1.71 bits per heavy atom. The van der Waals surface area contributed by atoms with E-state index in [1.165, 1.54) is 28.6 Å². The average molecular weight is 532 g/mol. The summed E-state index contributed by atoms with van der Waals surface area (Å²) in [6, 6.07) is 7.43. The fourth-order valence-corrected chi connectivity index (χ4v) is 9.96. The van der Waals surface area contributed by atoms with Gasteiger partial charge in [-0.25, -0.2) is 29.9 Å². The Morgan fingerprint density at radius 1 is 1.03 bits per heavy atom. The maximum atomic E-state index is 15.3. The molecule has 2 aliphatic heterocycles. The third-order valence-electron chi connectivity index (χ3n) is 7.37. The highest BCUT2D eigenvalue weighted by Crippen LogP contribution is 2.57. The largest absolute Gasteiger partial charge is 0.490 e. The van der Waals surface area contributed by atoms with Gasteiger partial charge in [0.15, 0.2) is 21.4 Å². The van der Waals surface area contributed by atoms with Crippen molar-refractivity contribution in [3.63, 3.8) is 0 Å². The van der Waals surface area contributed by atoms with E-state index in [0.717, 1.165) is 18.6 Å². The van der Waals surface area contributed by atoms with Crippen molar-refractivity contribution in [1.82, 2.24) is 4.31 Å². The third kappa shape index (κ3) is 3.65. The van der Waals surface area contributed by atoms with Crippen molar-refractivity contribution in [3.8, 4) is 5.75 Å². The Labute approximate surface area is 202 Å². The van der Waals surface area contributed by atoms with Crippen LogP contribution < -0.4 is 4.74 Å². The van der Waals surface area contributed by atoms with E-state index in [2.05, 4.69) is 0 Å². The molecule has 3 atom stereocenters. The van der Waals surface area contributed by atoms with Crippen LogP contribution in [0.2, 0.25) is 5.02 Å². The van der Waals surface area contributed by atoms with E-state index in [1.54, 1.807) is 0 Å². The Kier molecular flexibility index (Phi) is 5.94. The molecule has 0 N–H and O–H groups in total. The molecule has 2 aromatic rings. The molecule has 1 saturated carbocycles. The summed E-state index contributed by atoms with van der Waals surface area (Å²) < 4.78 is 88.9. The summed E-state index contributed by atoms with van der Waals surface area (Å²) in [6.45, 7) is 0.836. The Balaban J connectivity index is 1.60. The van der Waals surface area contributed by atoms with Gasteiger partial charge >= 0.3 is 0 Å². The highest BCUT2D eigenvalue weighted by atomic mass is 35.5. The number of sulfone groups is 1. The first kappa shape index (κ1) is 24.0. The number of ether oxygens (including phenoxy) is 1. The minimum absolute atomic E-state index is 0.0421. The van der Waals surface area contributed by atoms with E-state index in [9.17, 15) is 21.2 Å². The molecule has 0 radical (unpaired) electrons. The minimum atomic E-state index is -4.24. The van der Waals surface area contributed by atoms with Crippen molar-refractivity contribution in [3.05, 3.63) is 58.6 Å². The highest BCUT2D eigenvalue weighted by Gasteiger charge is 2.60. The average Bonchev–Trinajstić information content (AvgIpc) is 2.74. The summed E-state index contributed by atoms with van der Waals surface area (Å²) >= 11 is 5.95. The molecule has 0 bridgehead atoms. The summed E-state index contributed by atoms with van der Waals surface area (Å²) in [4.78, 5) is -0.0509. The molecule has 2 heterocycles. The lowest BCUT2D eigenvalue weighted by Crippen LogP contribution is -2.53. The quantitative estimate of drug-likeness (QED) is 0.579. The first-order valence-corrected chi connectivity index (χ1v) is 14.6. The second-order valence-electron chi connectivity index (χ2n) is 9.26. The number of hydrogen-bond acceptors (Lipinski definition) is 5. The van der Waals surface area contributed by atoms with Crippen LogP contribution in [-0.2, 0) is 24.6 Å². The van der Waals surface area contributed by atoms with Gasteiger partial charge < -0.3 is 4.74 Å². The smallest absolute Gasteiger partial charge is 0.214 e. The molecular formula is C23H24ClF2NO5S2. The van der Waals surface area contributed by atoms with Gasteiger partial charge in [0.05, 0.1) is 22.8 Å². The lowest BCUT2D eigenvalue weighted by Gasteiger charge is -2.49. The number of fused-ring (bicyclic) bond motifs is 3. The molecule has 5 rings (SSSR count). The van der Waals surface area contributed by atoms with Crippen molar-refractivity contribution in [2.45, 2.75) is 35.3 Å². The zero-order valence-corrected chi connectivity index (χ0v) is 20.6. The van der Waals surface area contributed by atoms with Gasteiger partial charge in [-0.3, -0.25) is 0 Å². The SMILES string of the molecule is O=S(=O)(C[C@@H]1CC[C@@]2(S(=O)(=O)c3ccc(Cl)cc3)c3c(F)ccc(F)c3OC[C@H]2C1)N1CCC1. The van der Waals surface area contributed by atoms with Crippen LogP contribution >= 0.6 is 11.6 Å². The zero-order chi connectivity index (χ0) is 24.3. The molecule has 2 fully saturated rings. The second-order valence-corrected chi connectivity index (χ2v) is 13.9. The van der Waals surface area contributed by atoms with Gasteiger partial charge in [0.1, 0.15) is 10.6 Å². The van der Waals surface area contributed by atoms with E-state index in [4.69, 9.17) is 16.3 Å². The van der Waals surface area contributed by atoms with Crippen molar-refractivity contribution >= 4 is 31.5 Å². The van der Waals surface area contributed by atoms with Crippen molar-refractivity contribution < 1.29 is 30.4 Å². The molecule has 2 aromatic carbocycles. The summed E-state index contributed by atoms with van der Waals surface area (Å²) in [5.41, 5.74) is -0.303. The van der Waals surface area contributed by atoms with Crippen molar-refractivity contribution in [2.75, 3.05) is 25.4 Å². The van der Waals surface area contributed by atoms with Gasteiger partial charge in [-0.15, -0.1) is 0 Å². The molecular weight excluding hydrogens is 508 g/mol. The number of sulfonamides is 1. The molecule has 1 saturated heterocycles. The predicted octanol–water partition coefficient (Wildman–Crippen LogP) is 4.13. The van der Waals surface area contributed by atoms with Gasteiger partial charge in [-0.1, -0.05) is 11.6 Å². The number of halogens is 3. The van der Waals surface area contributed by atoms with E-state index in [0.29, 0.717) is 18.1 Å². The molecule has 0 spiro atoms. The van der Waals surface area contributed by atoms with Gasteiger partial charge in [-0.05, 0) is 68.0 Å². The monoisotopic (exact) mass is 531 g/mol. The normalized spacial score (nSPS) is 27.3. The Bertz CT molecular complexity index is 1330. The minimum Gasteiger partial charge on any atom is -0.490 e. The highest BCUT2D eigenvalue weighted by molar-refractivity contribution is 7.92. The molecule has 6 nitrogen and oxygen atoms in total. The zero-order valence-electron chi connectivity index (χ0n) is 18.2. The topological polar surface area (TPSA) is 80.8 Å². The lowest BCUT2D eigenvalue weighted by molar-refractivity contribution is 0.103. The first-order valence-electron chi connectivity index (χ1n) is 11.2. The predicted molar refractivity (Wildman–Crippen MR) is 123 cm³/mol. The van der Waals surface area contributed by atoms with Gasteiger partial charge in [0.2, 0.25) is 10.0 Å². The van der Waals surface area contributed by atoms with Crippen LogP contribution in [-0.4, -0.2) is 46.6 Å². The van der Waals surface area contributed by atoms with E-state index in [-0.39, 0.29) is 53.7 Å². The van der Waals surface area contributed by atoms with Crippen LogP contribution in [0, 0.1) is 23.5 Å². The first-order chi connectivity index (χ1) is 16.1. The maximum Gasteiger partial charge on any atom is 0.214 e. The van der Waals surface area contributed by atoms with E-state index >= 15 is 4.39 Å². The summed E-state index contributed by atoms with van der Waals surface area (Å²) in [5, 5.41) is 0.345. The van der Waals surface area contributed by atoms with Gasteiger partial charge in [0, 0.05) is 24.0 Å². The molecule has 0 amide bonds. The lowest BCUT2D eigenvalue weighted by atomic mass is 9.69. The maximum absolute atomic E-state index is 15.3. The molecule has 11 heteroatoms. The van der Waals surface area contributed by atoms with Crippen LogP contribution in [0.25, 0.3) is 0 Å². The van der Waals surface area contributed by atoms with Crippen LogP contribution in [0.3, 0.4) is 0 Å². The Morgan fingerprint density at radius 3 is 2.35 bits per heavy atom. The molecule has 1 aliphatic carbocycles. The standard InChI is InChI=1S/C23H24ClF2NO5S2/c24-17-2-4-18(5-3-17)34(30,31)23-9-8-15(14-33(28,29)27-10-1-11-27)12-16(23)13-32-22-20(26)7-6-19(25)21(22)23/h2-7,15-16H,1,8-14H2/t15-,16-,23+/m1/s1. The van der Waals surface area contributed by atoms with Crippen LogP contribution in [0.15, 0.2) is 41.3 Å². The fourth-order valence-electron chi connectivity index (χ4n) is 5.55. The van der Waals surface area contributed by atoms with Crippen molar-refractivity contribution in [1.29, 1.82) is 0 Å². The van der Waals surface area contributed by atoms with E-state index in [1.807, 2.05) is 0 Å². The van der Waals surface area contributed by atoms with Gasteiger partial charge in [-0.2, -0.15) is 0 Å². The van der Waals surface area contributed by atoms with Crippen LogP contribution in [0.1, 0.15) is 31.2 Å². The Hall–Kier alpha value is -1.75. The molecule has 0 unspecified atom stereocenters.